The van der Waals surface area contributed by atoms with Gasteiger partial charge in [0.1, 0.15) is 6.33 Å². The zero-order valence-electron chi connectivity index (χ0n) is 14.0. The van der Waals surface area contributed by atoms with E-state index >= 15 is 0 Å². The molecule has 0 unspecified atom stereocenters. The minimum absolute atomic E-state index is 0.131. The third kappa shape index (κ3) is 3.79. The van der Waals surface area contributed by atoms with E-state index in [-0.39, 0.29) is 18.2 Å². The first-order chi connectivity index (χ1) is 12.0. The molecular formula is C17H20N4O3S. The summed E-state index contributed by atoms with van der Waals surface area (Å²) >= 11 is 0. The van der Waals surface area contributed by atoms with Crippen molar-refractivity contribution in [1.29, 1.82) is 0 Å². The summed E-state index contributed by atoms with van der Waals surface area (Å²) in [5.74, 6) is 0.544. The second kappa shape index (κ2) is 7.18. The average molecular weight is 360 g/mol. The van der Waals surface area contributed by atoms with Gasteiger partial charge in [0, 0.05) is 12.1 Å². The molecule has 0 radical (unpaired) electrons. The Morgan fingerprint density at radius 2 is 2.20 bits per heavy atom. The quantitative estimate of drug-likeness (QED) is 0.847. The average Bonchev–Trinajstić information content (AvgIpc) is 3.18. The molecule has 1 aromatic heterocycles. The molecule has 3 rings (SSSR count). The summed E-state index contributed by atoms with van der Waals surface area (Å²) < 4.78 is 26.0. The standard InChI is InChI=1S/C17H20N4O3S/c1-2-8-21-12-19-20-16(21)11-18-17(22)14-6-3-5-13(10-14)15-7-4-9-25(15,23)24/h3,5-7,10,12H,2,4,8-9,11H2,1H3,(H,18,22). The monoisotopic (exact) mass is 360 g/mol. The van der Waals surface area contributed by atoms with E-state index in [9.17, 15) is 13.2 Å². The van der Waals surface area contributed by atoms with Crippen LogP contribution in [0.3, 0.4) is 0 Å². The number of sulfone groups is 1. The smallest absolute Gasteiger partial charge is 0.251 e. The molecule has 1 aliphatic rings. The van der Waals surface area contributed by atoms with Crippen LogP contribution in [0.2, 0.25) is 0 Å². The highest BCUT2D eigenvalue weighted by atomic mass is 32.2. The highest BCUT2D eigenvalue weighted by Gasteiger charge is 2.24. The maximum absolute atomic E-state index is 12.4. The summed E-state index contributed by atoms with van der Waals surface area (Å²) in [6.45, 7) is 3.11. The van der Waals surface area contributed by atoms with Crippen molar-refractivity contribution in [2.24, 2.45) is 0 Å². The summed E-state index contributed by atoms with van der Waals surface area (Å²) in [6, 6.07) is 6.68. The van der Waals surface area contributed by atoms with E-state index in [1.807, 2.05) is 4.57 Å². The molecule has 0 saturated heterocycles. The predicted molar refractivity (Wildman–Crippen MR) is 94.3 cm³/mol. The van der Waals surface area contributed by atoms with Crippen molar-refractivity contribution in [1.82, 2.24) is 20.1 Å². The number of nitrogens with one attached hydrogen (secondary N) is 1. The van der Waals surface area contributed by atoms with Gasteiger partial charge in [0.15, 0.2) is 15.7 Å². The molecule has 0 atom stereocenters. The number of allylic oxidation sites excluding steroid dienone is 1. The van der Waals surface area contributed by atoms with Crippen LogP contribution in [0.4, 0.5) is 0 Å². The van der Waals surface area contributed by atoms with Gasteiger partial charge in [-0.2, -0.15) is 0 Å². The van der Waals surface area contributed by atoms with Gasteiger partial charge in [0.2, 0.25) is 0 Å². The summed E-state index contributed by atoms with van der Waals surface area (Å²) in [7, 11) is -3.23. The van der Waals surface area contributed by atoms with Crippen LogP contribution < -0.4 is 5.32 Å². The van der Waals surface area contributed by atoms with E-state index in [0.717, 1.165) is 13.0 Å². The number of rotatable bonds is 6. The van der Waals surface area contributed by atoms with Gasteiger partial charge in [-0.25, -0.2) is 8.42 Å². The van der Waals surface area contributed by atoms with Crippen LogP contribution in [0.1, 0.15) is 41.5 Å². The molecule has 0 fully saturated rings. The molecule has 2 aromatic rings. The van der Waals surface area contributed by atoms with Crippen molar-refractivity contribution in [3.63, 3.8) is 0 Å². The maximum Gasteiger partial charge on any atom is 0.251 e. The van der Waals surface area contributed by atoms with Gasteiger partial charge >= 0.3 is 0 Å². The van der Waals surface area contributed by atoms with Gasteiger partial charge in [0.25, 0.3) is 5.91 Å². The van der Waals surface area contributed by atoms with Gasteiger partial charge in [-0.05, 0) is 30.5 Å². The SMILES string of the molecule is CCCn1cnnc1CNC(=O)c1cccc(C2=CCCS2(=O)=O)c1. The number of benzene rings is 1. The highest BCUT2D eigenvalue weighted by molar-refractivity contribution is 8.00. The third-order valence-corrected chi connectivity index (χ3v) is 5.87. The lowest BCUT2D eigenvalue weighted by Gasteiger charge is -2.08. The molecule has 1 N–H and O–H groups in total. The van der Waals surface area contributed by atoms with Crippen LogP contribution in [0.15, 0.2) is 36.7 Å². The van der Waals surface area contributed by atoms with Crippen molar-refractivity contribution in [2.75, 3.05) is 5.75 Å². The number of aromatic nitrogens is 3. The Balaban J connectivity index is 1.73. The Kier molecular flexibility index (Phi) is 4.98. The first-order valence-corrected chi connectivity index (χ1v) is 9.84. The van der Waals surface area contributed by atoms with Crippen molar-refractivity contribution >= 4 is 20.6 Å². The fourth-order valence-electron chi connectivity index (χ4n) is 2.80. The summed E-state index contributed by atoms with van der Waals surface area (Å²) in [5, 5.41) is 10.7. The minimum Gasteiger partial charge on any atom is -0.345 e. The fourth-order valence-corrected chi connectivity index (χ4v) is 4.30. The van der Waals surface area contributed by atoms with Crippen LogP contribution in [-0.2, 0) is 22.9 Å². The van der Waals surface area contributed by atoms with Crippen molar-refractivity contribution in [3.05, 3.63) is 53.6 Å². The van der Waals surface area contributed by atoms with Crippen molar-refractivity contribution in [2.45, 2.75) is 32.9 Å². The number of carbonyl (C=O) groups excluding carboxylic acids is 1. The second-order valence-electron chi connectivity index (χ2n) is 5.88. The Morgan fingerprint density at radius 1 is 1.36 bits per heavy atom. The Bertz CT molecular complexity index is 915. The Labute approximate surface area is 146 Å². The molecule has 1 amide bonds. The topological polar surface area (TPSA) is 93.9 Å². The molecule has 0 bridgehead atoms. The minimum atomic E-state index is -3.23. The number of hydrogen-bond acceptors (Lipinski definition) is 5. The molecule has 1 aromatic carbocycles. The lowest BCUT2D eigenvalue weighted by Crippen LogP contribution is -2.24. The molecule has 7 nitrogen and oxygen atoms in total. The first-order valence-electron chi connectivity index (χ1n) is 8.19. The molecule has 25 heavy (non-hydrogen) atoms. The van der Waals surface area contributed by atoms with Crippen LogP contribution in [-0.4, -0.2) is 34.8 Å². The second-order valence-corrected chi connectivity index (χ2v) is 7.96. The van der Waals surface area contributed by atoms with Gasteiger partial charge in [0.05, 0.1) is 17.2 Å². The summed E-state index contributed by atoms with van der Waals surface area (Å²) in [4.78, 5) is 12.7. The van der Waals surface area contributed by atoms with E-state index in [0.29, 0.717) is 28.3 Å². The molecule has 132 valence electrons. The largest absolute Gasteiger partial charge is 0.345 e. The van der Waals surface area contributed by atoms with Crippen LogP contribution in [0, 0.1) is 0 Å². The predicted octanol–water partition coefficient (Wildman–Crippen LogP) is 1.78. The molecule has 1 aliphatic heterocycles. The highest BCUT2D eigenvalue weighted by Crippen LogP contribution is 2.28. The Hall–Kier alpha value is -2.48. The van der Waals surface area contributed by atoms with Crippen molar-refractivity contribution in [3.8, 4) is 0 Å². The lowest BCUT2D eigenvalue weighted by atomic mass is 10.1. The van der Waals surface area contributed by atoms with Crippen LogP contribution in [0.25, 0.3) is 4.91 Å². The summed E-state index contributed by atoms with van der Waals surface area (Å²) in [5.41, 5.74) is 0.973. The zero-order chi connectivity index (χ0) is 17.9. The van der Waals surface area contributed by atoms with E-state index in [4.69, 9.17) is 0 Å². The van der Waals surface area contributed by atoms with E-state index < -0.39 is 9.84 Å². The third-order valence-electron chi connectivity index (χ3n) is 4.03. The lowest BCUT2D eigenvalue weighted by molar-refractivity contribution is 0.0949. The van der Waals surface area contributed by atoms with E-state index in [1.54, 1.807) is 36.7 Å². The van der Waals surface area contributed by atoms with E-state index in [1.165, 1.54) is 0 Å². The number of aryl methyl sites for hydroxylation is 1. The zero-order valence-corrected chi connectivity index (χ0v) is 14.8. The molecule has 0 aliphatic carbocycles. The number of amides is 1. The molecule has 8 heteroatoms. The maximum atomic E-state index is 12.4. The van der Waals surface area contributed by atoms with Gasteiger partial charge in [-0.1, -0.05) is 25.1 Å². The number of hydrogen-bond donors (Lipinski definition) is 1. The van der Waals surface area contributed by atoms with Gasteiger partial charge in [-0.3, -0.25) is 4.79 Å². The van der Waals surface area contributed by atoms with Crippen LogP contribution >= 0.6 is 0 Å². The first kappa shape index (κ1) is 17.3. The Morgan fingerprint density at radius 3 is 2.92 bits per heavy atom. The molecule has 2 heterocycles. The van der Waals surface area contributed by atoms with E-state index in [2.05, 4.69) is 22.4 Å². The number of nitrogens with zero attached hydrogens (tertiary/aromatic N) is 3. The number of carbonyl (C=O) groups is 1. The fraction of sp³-hybridized carbons (Fsp3) is 0.353. The summed E-state index contributed by atoms with van der Waals surface area (Å²) in [6.07, 6.45) is 4.81. The van der Waals surface area contributed by atoms with Gasteiger partial charge < -0.3 is 9.88 Å². The van der Waals surface area contributed by atoms with Gasteiger partial charge in [-0.15, -0.1) is 10.2 Å². The molecule has 0 saturated carbocycles. The van der Waals surface area contributed by atoms with Crippen LogP contribution in [0.5, 0.6) is 0 Å². The normalized spacial score (nSPS) is 15.8. The molecular weight excluding hydrogens is 340 g/mol. The molecule has 0 spiro atoms. The van der Waals surface area contributed by atoms with Crippen molar-refractivity contribution < 1.29 is 13.2 Å².